The summed E-state index contributed by atoms with van der Waals surface area (Å²) in [4.78, 5) is 2.40. The van der Waals surface area contributed by atoms with E-state index >= 15 is 0 Å². The minimum absolute atomic E-state index is 0.476. The highest BCUT2D eigenvalue weighted by Gasteiger charge is 2.45. The van der Waals surface area contributed by atoms with Gasteiger partial charge in [0.25, 0.3) is 0 Å². The summed E-state index contributed by atoms with van der Waals surface area (Å²) in [7, 11) is 0. The zero-order valence-electron chi connectivity index (χ0n) is 35.5. The SMILES string of the molecule is c1ccc(C2(c3ccc(N(c4ccc(-c5c6ccccc6cc6ccccc56)cc4)c4cccc(-c5ccc6oc7ccccc7c6c5)c4)cc3)c3ccccc3-c3ccccc32)cc1. The van der Waals surface area contributed by atoms with Crippen molar-refractivity contribution in [3.63, 3.8) is 0 Å². The second-order valence-electron chi connectivity index (χ2n) is 17.2. The van der Waals surface area contributed by atoms with Gasteiger partial charge in [0, 0.05) is 27.8 Å². The first-order chi connectivity index (χ1) is 32.2. The van der Waals surface area contributed by atoms with E-state index in [0.717, 1.165) is 50.1 Å². The number of hydrogen-bond acceptors (Lipinski definition) is 2. The molecule has 0 saturated heterocycles. The molecule has 0 fully saturated rings. The molecule has 0 bridgehead atoms. The van der Waals surface area contributed by atoms with Crippen molar-refractivity contribution in [1.82, 2.24) is 0 Å². The topological polar surface area (TPSA) is 16.4 Å². The van der Waals surface area contributed by atoms with Gasteiger partial charge in [-0.2, -0.15) is 0 Å². The molecule has 12 aromatic rings. The highest BCUT2D eigenvalue weighted by Crippen LogP contribution is 2.56. The van der Waals surface area contributed by atoms with Gasteiger partial charge in [-0.3, -0.25) is 0 Å². The molecule has 304 valence electrons. The molecule has 0 amide bonds. The van der Waals surface area contributed by atoms with Crippen molar-refractivity contribution in [2.45, 2.75) is 5.41 Å². The van der Waals surface area contributed by atoms with Crippen LogP contribution in [0.3, 0.4) is 0 Å². The van der Waals surface area contributed by atoms with E-state index in [1.54, 1.807) is 0 Å². The van der Waals surface area contributed by atoms with Crippen LogP contribution in [0, 0.1) is 0 Å². The van der Waals surface area contributed by atoms with Crippen molar-refractivity contribution < 1.29 is 4.42 Å². The molecule has 2 heteroatoms. The first-order valence-corrected chi connectivity index (χ1v) is 22.4. The van der Waals surface area contributed by atoms with E-state index in [1.165, 1.54) is 66.1 Å². The van der Waals surface area contributed by atoms with Gasteiger partial charge in [0.2, 0.25) is 0 Å². The molecule has 1 aliphatic rings. The summed E-state index contributed by atoms with van der Waals surface area (Å²) in [5, 5.41) is 7.24. The molecule has 0 radical (unpaired) electrons. The highest BCUT2D eigenvalue weighted by atomic mass is 16.3. The fraction of sp³-hybridized carbons (Fsp3) is 0.0159. The van der Waals surface area contributed by atoms with Gasteiger partial charge in [0.1, 0.15) is 11.2 Å². The van der Waals surface area contributed by atoms with Crippen LogP contribution in [0.4, 0.5) is 17.1 Å². The first-order valence-electron chi connectivity index (χ1n) is 22.4. The summed E-state index contributed by atoms with van der Waals surface area (Å²) >= 11 is 0. The number of furan rings is 1. The van der Waals surface area contributed by atoms with E-state index in [0.29, 0.717) is 0 Å². The molecule has 0 N–H and O–H groups in total. The number of anilines is 3. The van der Waals surface area contributed by atoms with Crippen LogP contribution >= 0.6 is 0 Å². The number of para-hydroxylation sites is 1. The third kappa shape index (κ3) is 5.81. The van der Waals surface area contributed by atoms with Gasteiger partial charge in [0.15, 0.2) is 0 Å². The Bertz CT molecular complexity index is 3670. The van der Waals surface area contributed by atoms with Gasteiger partial charge in [-0.1, -0.05) is 188 Å². The van der Waals surface area contributed by atoms with Crippen molar-refractivity contribution in [2.24, 2.45) is 0 Å². The molecular weight excluding hydrogens is 787 g/mol. The normalized spacial score (nSPS) is 12.7. The number of rotatable bonds is 7. The van der Waals surface area contributed by atoms with E-state index in [1.807, 2.05) is 12.1 Å². The van der Waals surface area contributed by atoms with Crippen LogP contribution in [0.5, 0.6) is 0 Å². The number of fused-ring (bicyclic) bond motifs is 8. The van der Waals surface area contributed by atoms with E-state index in [-0.39, 0.29) is 0 Å². The largest absolute Gasteiger partial charge is 0.456 e. The Morgan fingerprint density at radius 3 is 1.52 bits per heavy atom. The van der Waals surface area contributed by atoms with Gasteiger partial charge in [-0.05, 0) is 138 Å². The highest BCUT2D eigenvalue weighted by molar-refractivity contribution is 6.13. The fourth-order valence-electron chi connectivity index (χ4n) is 10.9. The van der Waals surface area contributed by atoms with Crippen LogP contribution in [0.25, 0.3) is 76.9 Å². The monoisotopic (exact) mass is 827 g/mol. The summed E-state index contributed by atoms with van der Waals surface area (Å²) < 4.78 is 6.22. The molecule has 11 aromatic carbocycles. The number of hydrogen-bond donors (Lipinski definition) is 0. The first kappa shape index (κ1) is 37.1. The van der Waals surface area contributed by atoms with Crippen LogP contribution in [0.2, 0.25) is 0 Å². The fourth-order valence-corrected chi connectivity index (χ4v) is 10.9. The number of nitrogens with zero attached hydrogens (tertiary/aromatic N) is 1. The molecule has 13 rings (SSSR count). The Balaban J connectivity index is 0.979. The third-order valence-electron chi connectivity index (χ3n) is 13.7. The maximum Gasteiger partial charge on any atom is 0.135 e. The molecule has 0 atom stereocenters. The van der Waals surface area contributed by atoms with Crippen LogP contribution in [0.15, 0.2) is 253 Å². The van der Waals surface area contributed by atoms with Crippen molar-refractivity contribution in [3.8, 4) is 33.4 Å². The lowest BCUT2D eigenvalue weighted by Gasteiger charge is -2.34. The molecule has 65 heavy (non-hydrogen) atoms. The summed E-state index contributed by atoms with van der Waals surface area (Å²) in [6, 6.07) is 90.9. The van der Waals surface area contributed by atoms with Crippen LogP contribution in [-0.2, 0) is 5.41 Å². The second kappa shape index (κ2) is 14.8. The maximum atomic E-state index is 6.22. The predicted molar refractivity (Wildman–Crippen MR) is 272 cm³/mol. The molecule has 0 spiro atoms. The molecule has 2 nitrogen and oxygen atoms in total. The summed E-state index contributed by atoms with van der Waals surface area (Å²) in [5.41, 5.74) is 17.0. The predicted octanol–water partition coefficient (Wildman–Crippen LogP) is 17.1. The lowest BCUT2D eigenvalue weighted by Crippen LogP contribution is -2.28. The van der Waals surface area contributed by atoms with Gasteiger partial charge in [0.05, 0.1) is 5.41 Å². The van der Waals surface area contributed by atoms with Crippen molar-refractivity contribution in [1.29, 1.82) is 0 Å². The molecule has 0 aliphatic heterocycles. The molecule has 1 aliphatic carbocycles. The van der Waals surface area contributed by atoms with E-state index in [9.17, 15) is 0 Å². The Morgan fingerprint density at radius 2 is 0.831 bits per heavy atom. The average molecular weight is 828 g/mol. The zero-order valence-corrected chi connectivity index (χ0v) is 35.5. The minimum Gasteiger partial charge on any atom is -0.456 e. The van der Waals surface area contributed by atoms with E-state index in [2.05, 4.69) is 241 Å². The van der Waals surface area contributed by atoms with E-state index < -0.39 is 5.41 Å². The van der Waals surface area contributed by atoms with E-state index in [4.69, 9.17) is 4.42 Å². The van der Waals surface area contributed by atoms with Crippen LogP contribution in [-0.4, -0.2) is 0 Å². The molecule has 1 aromatic heterocycles. The standard InChI is InChI=1S/C63H41NO/c1-2-18-47(19-3-1)63(58-26-11-8-23-54(58)55-24-9-12-27-59(55)63)48-32-36-50(37-33-48)64(51-20-14-17-43(40-51)44-31-38-61-57(41-44)56-25-10-13-28-60(56)65-61)49-34-29-42(30-35-49)62-52-21-6-4-15-45(52)39-46-16-5-7-22-53(46)62/h1-41H. The third-order valence-corrected chi connectivity index (χ3v) is 13.7. The Labute approximate surface area is 377 Å². The van der Waals surface area contributed by atoms with Gasteiger partial charge in [-0.15, -0.1) is 0 Å². The maximum absolute atomic E-state index is 6.22. The van der Waals surface area contributed by atoms with Gasteiger partial charge < -0.3 is 9.32 Å². The average Bonchev–Trinajstić information content (AvgIpc) is 3.90. The van der Waals surface area contributed by atoms with Crippen molar-refractivity contribution in [3.05, 3.63) is 271 Å². The minimum atomic E-state index is -0.476. The summed E-state index contributed by atoms with van der Waals surface area (Å²) in [6.45, 7) is 0. The van der Waals surface area contributed by atoms with Crippen LogP contribution in [0.1, 0.15) is 22.3 Å². The van der Waals surface area contributed by atoms with Crippen molar-refractivity contribution in [2.75, 3.05) is 4.90 Å². The Morgan fingerprint density at radius 1 is 0.308 bits per heavy atom. The smallest absolute Gasteiger partial charge is 0.135 e. The van der Waals surface area contributed by atoms with Crippen molar-refractivity contribution >= 4 is 60.5 Å². The van der Waals surface area contributed by atoms with Gasteiger partial charge >= 0.3 is 0 Å². The Kier molecular flexibility index (Phi) is 8.47. The molecule has 1 heterocycles. The molecular formula is C63H41NO. The van der Waals surface area contributed by atoms with Crippen LogP contribution < -0.4 is 4.90 Å². The quantitative estimate of drug-likeness (QED) is 0.149. The summed E-state index contributed by atoms with van der Waals surface area (Å²) in [6.07, 6.45) is 0. The molecule has 0 unspecified atom stereocenters. The summed E-state index contributed by atoms with van der Waals surface area (Å²) in [5.74, 6) is 0. The lowest BCUT2D eigenvalue weighted by atomic mass is 9.68. The zero-order chi connectivity index (χ0) is 42.9. The molecule has 0 saturated carbocycles. The second-order valence-corrected chi connectivity index (χ2v) is 17.2. The lowest BCUT2D eigenvalue weighted by molar-refractivity contribution is 0.669. The van der Waals surface area contributed by atoms with Gasteiger partial charge in [-0.25, -0.2) is 0 Å². The Hall–Kier alpha value is -8.46. The number of benzene rings is 11.